The minimum absolute atomic E-state index is 0.00787. The zero-order valence-electron chi connectivity index (χ0n) is 31.3. The van der Waals surface area contributed by atoms with E-state index in [4.69, 9.17) is 9.84 Å². The number of carbonyl (C=O) groups excluding carboxylic acids is 1. The quantitative estimate of drug-likeness (QED) is 0.0415. The van der Waals surface area contributed by atoms with E-state index in [1.807, 2.05) is 0 Å². The lowest BCUT2D eigenvalue weighted by Crippen LogP contribution is -2.18. The van der Waals surface area contributed by atoms with E-state index in [0.717, 1.165) is 116 Å². The molecule has 0 aromatic heterocycles. The maximum atomic E-state index is 12.7. The number of aliphatic carboxylic acids is 1. The molecule has 0 aliphatic rings. The molecule has 274 valence electrons. The Labute approximate surface area is 297 Å². The molecule has 0 saturated heterocycles. The van der Waals surface area contributed by atoms with Crippen LogP contribution in [0.15, 0.2) is 72.9 Å². The largest absolute Gasteiger partial charge is 0.481 e. The van der Waals surface area contributed by atoms with Gasteiger partial charge in [-0.2, -0.15) is 0 Å². The molecule has 0 heterocycles. The van der Waals surface area contributed by atoms with Crippen molar-refractivity contribution in [3.05, 3.63) is 72.9 Å². The van der Waals surface area contributed by atoms with Crippen LogP contribution in [-0.4, -0.2) is 23.1 Å². The molecule has 0 amide bonds. The van der Waals surface area contributed by atoms with Gasteiger partial charge in [0.25, 0.3) is 0 Å². The van der Waals surface area contributed by atoms with Crippen molar-refractivity contribution in [2.24, 2.45) is 0 Å². The second-order valence-corrected chi connectivity index (χ2v) is 13.1. The van der Waals surface area contributed by atoms with Crippen molar-refractivity contribution >= 4 is 11.9 Å². The maximum absolute atomic E-state index is 12.7. The molecule has 0 fully saturated rings. The van der Waals surface area contributed by atoms with Crippen LogP contribution in [0.5, 0.6) is 0 Å². The Balaban J connectivity index is 4.22. The normalized spacial score (nSPS) is 13.0. The Morgan fingerprint density at radius 2 is 0.875 bits per heavy atom. The number of carboxylic acids is 1. The first-order chi connectivity index (χ1) is 23.6. The third-order valence-electron chi connectivity index (χ3n) is 8.41. The summed E-state index contributed by atoms with van der Waals surface area (Å²) in [6.07, 6.45) is 54.8. The van der Waals surface area contributed by atoms with E-state index < -0.39 is 5.97 Å². The second kappa shape index (κ2) is 38.8. The van der Waals surface area contributed by atoms with Crippen LogP contribution in [0.3, 0.4) is 0 Å². The fraction of sp³-hybridized carbons (Fsp3) is 0.682. The van der Waals surface area contributed by atoms with Gasteiger partial charge in [0, 0.05) is 12.8 Å². The van der Waals surface area contributed by atoms with Crippen LogP contribution in [0, 0.1) is 0 Å². The molecule has 0 aliphatic heterocycles. The summed E-state index contributed by atoms with van der Waals surface area (Å²) in [6, 6.07) is 0. The Kier molecular flexibility index (Phi) is 36.7. The fourth-order valence-electron chi connectivity index (χ4n) is 5.50. The first-order valence-corrected chi connectivity index (χ1v) is 19.9. The highest BCUT2D eigenvalue weighted by atomic mass is 16.5. The monoisotopic (exact) mass is 667 g/mol. The van der Waals surface area contributed by atoms with Crippen molar-refractivity contribution in [1.29, 1.82) is 0 Å². The van der Waals surface area contributed by atoms with Gasteiger partial charge in [-0.3, -0.25) is 9.59 Å². The SMILES string of the molecule is CC/C=C\C/C=C\C/C=C\C/C=C\CCCCC(=O)OC(CCCCC/C=C\C/C=C\CCCCCCC)CCCCCCCC(=O)O. The lowest BCUT2D eigenvalue weighted by molar-refractivity contribution is -0.150. The van der Waals surface area contributed by atoms with Crippen molar-refractivity contribution in [2.45, 2.75) is 193 Å². The van der Waals surface area contributed by atoms with Crippen molar-refractivity contribution in [2.75, 3.05) is 0 Å². The van der Waals surface area contributed by atoms with Crippen molar-refractivity contribution in [3.63, 3.8) is 0 Å². The maximum Gasteiger partial charge on any atom is 0.306 e. The van der Waals surface area contributed by atoms with Gasteiger partial charge in [0.05, 0.1) is 0 Å². The van der Waals surface area contributed by atoms with E-state index in [-0.39, 0.29) is 18.5 Å². The van der Waals surface area contributed by atoms with Gasteiger partial charge in [-0.25, -0.2) is 0 Å². The number of carboxylic acid groups (broad SMARTS) is 1. The van der Waals surface area contributed by atoms with Crippen LogP contribution in [-0.2, 0) is 14.3 Å². The molecule has 0 saturated carbocycles. The lowest BCUT2D eigenvalue weighted by atomic mass is 10.0. The van der Waals surface area contributed by atoms with Gasteiger partial charge >= 0.3 is 11.9 Å². The standard InChI is InChI=1S/C44H74O4/c1-3-5-7-9-11-13-15-17-19-21-23-25-27-30-34-38-42(39-35-31-29-32-36-40-43(45)46)48-44(47)41-37-33-28-26-24-22-20-18-16-14-12-10-8-6-4-2/h6,8,12,14-15,17-18,20-21,23-24,26,42H,3-5,7,9-11,13,16,19,22,25,27-41H2,1-2H3,(H,45,46)/b8-6-,14-12-,17-15-,20-18-,23-21-,26-24-. The first-order valence-electron chi connectivity index (χ1n) is 19.9. The van der Waals surface area contributed by atoms with Gasteiger partial charge < -0.3 is 9.84 Å². The van der Waals surface area contributed by atoms with Gasteiger partial charge in [-0.1, -0.05) is 138 Å². The summed E-state index contributed by atoms with van der Waals surface area (Å²) in [6.45, 7) is 4.42. The fourth-order valence-corrected chi connectivity index (χ4v) is 5.50. The zero-order chi connectivity index (χ0) is 35.0. The minimum atomic E-state index is -0.712. The highest BCUT2D eigenvalue weighted by Gasteiger charge is 2.14. The number of unbranched alkanes of at least 4 members (excludes halogenated alkanes) is 14. The zero-order valence-corrected chi connectivity index (χ0v) is 31.3. The molecule has 4 heteroatoms. The number of ether oxygens (including phenoxy) is 1. The molecule has 0 bridgehead atoms. The molecule has 0 aliphatic carbocycles. The number of rotatable bonds is 35. The molecule has 1 N–H and O–H groups in total. The van der Waals surface area contributed by atoms with Crippen LogP contribution in [0.25, 0.3) is 0 Å². The highest BCUT2D eigenvalue weighted by Crippen LogP contribution is 2.18. The number of esters is 1. The number of allylic oxidation sites excluding steroid dienone is 12. The molecule has 48 heavy (non-hydrogen) atoms. The van der Waals surface area contributed by atoms with Crippen LogP contribution >= 0.6 is 0 Å². The Morgan fingerprint density at radius 1 is 0.479 bits per heavy atom. The van der Waals surface area contributed by atoms with Crippen LogP contribution in [0.2, 0.25) is 0 Å². The summed E-state index contributed by atoms with van der Waals surface area (Å²) in [5.74, 6) is -0.764. The summed E-state index contributed by atoms with van der Waals surface area (Å²) in [5.41, 5.74) is 0. The molecule has 4 nitrogen and oxygen atoms in total. The van der Waals surface area contributed by atoms with E-state index in [1.165, 1.54) is 44.9 Å². The summed E-state index contributed by atoms with van der Waals surface area (Å²) in [7, 11) is 0. The van der Waals surface area contributed by atoms with Crippen LogP contribution in [0.1, 0.15) is 187 Å². The van der Waals surface area contributed by atoms with Gasteiger partial charge in [0.15, 0.2) is 0 Å². The van der Waals surface area contributed by atoms with Crippen LogP contribution < -0.4 is 0 Å². The molecule has 0 aromatic rings. The average molecular weight is 667 g/mol. The highest BCUT2D eigenvalue weighted by molar-refractivity contribution is 5.69. The predicted octanol–water partition coefficient (Wildman–Crippen LogP) is 13.9. The smallest absolute Gasteiger partial charge is 0.306 e. The molecular formula is C44H74O4. The van der Waals surface area contributed by atoms with E-state index in [2.05, 4.69) is 86.8 Å². The molecular weight excluding hydrogens is 592 g/mol. The first kappa shape index (κ1) is 45.4. The van der Waals surface area contributed by atoms with Crippen molar-refractivity contribution < 1.29 is 19.4 Å². The van der Waals surface area contributed by atoms with E-state index in [1.54, 1.807) is 0 Å². The summed E-state index contributed by atoms with van der Waals surface area (Å²) in [4.78, 5) is 23.4. The number of hydrogen-bond donors (Lipinski definition) is 1. The Morgan fingerprint density at radius 3 is 1.40 bits per heavy atom. The topological polar surface area (TPSA) is 63.6 Å². The summed E-state index contributed by atoms with van der Waals surface area (Å²) < 4.78 is 5.97. The molecule has 1 atom stereocenters. The van der Waals surface area contributed by atoms with Gasteiger partial charge in [-0.05, 0) is 109 Å². The van der Waals surface area contributed by atoms with Gasteiger partial charge in [0.2, 0.25) is 0 Å². The number of hydrogen-bond acceptors (Lipinski definition) is 3. The van der Waals surface area contributed by atoms with E-state index >= 15 is 0 Å². The van der Waals surface area contributed by atoms with Crippen LogP contribution in [0.4, 0.5) is 0 Å². The van der Waals surface area contributed by atoms with Gasteiger partial charge in [-0.15, -0.1) is 0 Å². The molecule has 1 unspecified atom stereocenters. The second-order valence-electron chi connectivity index (χ2n) is 13.1. The van der Waals surface area contributed by atoms with Crippen molar-refractivity contribution in [3.8, 4) is 0 Å². The molecule has 0 aromatic carbocycles. The summed E-state index contributed by atoms with van der Waals surface area (Å²) >= 11 is 0. The number of carbonyl (C=O) groups is 2. The predicted molar refractivity (Wildman–Crippen MR) is 208 cm³/mol. The Hall–Kier alpha value is -2.62. The average Bonchev–Trinajstić information content (AvgIpc) is 3.07. The molecule has 0 spiro atoms. The Bertz CT molecular complexity index is 892. The molecule has 0 radical (unpaired) electrons. The third-order valence-corrected chi connectivity index (χ3v) is 8.41. The minimum Gasteiger partial charge on any atom is -0.481 e. The van der Waals surface area contributed by atoms with E-state index in [0.29, 0.717) is 6.42 Å². The molecule has 0 rings (SSSR count). The van der Waals surface area contributed by atoms with Gasteiger partial charge in [0.1, 0.15) is 6.10 Å². The summed E-state index contributed by atoms with van der Waals surface area (Å²) in [5, 5.41) is 8.82. The lowest BCUT2D eigenvalue weighted by Gasteiger charge is -2.18. The van der Waals surface area contributed by atoms with E-state index in [9.17, 15) is 9.59 Å². The third kappa shape index (κ3) is 37.8. The van der Waals surface area contributed by atoms with Crippen molar-refractivity contribution in [1.82, 2.24) is 0 Å².